The SMILES string of the molecule is CCC[C@@H](NC(=O)/C=C/c1ccc(OCC)cc1)C(=O)O. The highest BCUT2D eigenvalue weighted by Crippen LogP contribution is 2.13. The molecule has 1 aromatic carbocycles. The first-order chi connectivity index (χ1) is 10.1. The molecule has 0 heterocycles. The summed E-state index contributed by atoms with van der Waals surface area (Å²) in [6.45, 7) is 4.39. The third-order valence-corrected chi connectivity index (χ3v) is 2.81. The van der Waals surface area contributed by atoms with Crippen molar-refractivity contribution in [1.29, 1.82) is 0 Å². The van der Waals surface area contributed by atoms with E-state index in [1.165, 1.54) is 6.08 Å². The molecule has 0 fully saturated rings. The van der Waals surface area contributed by atoms with Crippen molar-refractivity contribution in [2.24, 2.45) is 0 Å². The van der Waals surface area contributed by atoms with Gasteiger partial charge in [-0.25, -0.2) is 4.79 Å². The molecule has 0 aliphatic rings. The molecule has 0 aromatic heterocycles. The summed E-state index contributed by atoms with van der Waals surface area (Å²) in [5.74, 6) is -0.655. The Balaban J connectivity index is 2.58. The predicted octanol–water partition coefficient (Wildman–Crippen LogP) is 2.47. The zero-order chi connectivity index (χ0) is 15.7. The number of benzene rings is 1. The number of carbonyl (C=O) groups is 2. The first-order valence-corrected chi connectivity index (χ1v) is 7.01. The molecule has 0 saturated carbocycles. The van der Waals surface area contributed by atoms with E-state index in [4.69, 9.17) is 9.84 Å². The number of carboxylic acids is 1. The van der Waals surface area contributed by atoms with E-state index < -0.39 is 17.9 Å². The summed E-state index contributed by atoms with van der Waals surface area (Å²) in [5, 5.41) is 11.4. The van der Waals surface area contributed by atoms with Crippen LogP contribution in [0.25, 0.3) is 6.08 Å². The van der Waals surface area contributed by atoms with Gasteiger partial charge in [0.1, 0.15) is 11.8 Å². The van der Waals surface area contributed by atoms with Gasteiger partial charge in [0.15, 0.2) is 0 Å². The van der Waals surface area contributed by atoms with Crippen LogP contribution in [-0.2, 0) is 9.59 Å². The Hall–Kier alpha value is -2.30. The van der Waals surface area contributed by atoms with Crippen LogP contribution >= 0.6 is 0 Å². The third-order valence-electron chi connectivity index (χ3n) is 2.81. The molecule has 0 aliphatic heterocycles. The van der Waals surface area contributed by atoms with Gasteiger partial charge < -0.3 is 15.2 Å². The monoisotopic (exact) mass is 291 g/mol. The molecule has 1 rings (SSSR count). The number of nitrogens with one attached hydrogen (secondary N) is 1. The van der Waals surface area contributed by atoms with Crippen LogP contribution in [0.5, 0.6) is 5.75 Å². The van der Waals surface area contributed by atoms with Gasteiger partial charge in [0, 0.05) is 6.08 Å². The first kappa shape index (κ1) is 16.8. The molecule has 0 radical (unpaired) electrons. The molecule has 5 heteroatoms. The molecule has 1 aromatic rings. The van der Waals surface area contributed by atoms with E-state index in [1.54, 1.807) is 6.08 Å². The number of aliphatic carboxylic acids is 1. The van der Waals surface area contributed by atoms with Crippen molar-refractivity contribution >= 4 is 18.0 Å². The summed E-state index contributed by atoms with van der Waals surface area (Å²) >= 11 is 0. The lowest BCUT2D eigenvalue weighted by Gasteiger charge is -2.11. The molecule has 1 amide bonds. The van der Waals surface area contributed by atoms with Crippen LogP contribution in [0, 0.1) is 0 Å². The van der Waals surface area contributed by atoms with Crippen molar-refractivity contribution in [2.75, 3.05) is 6.61 Å². The fourth-order valence-electron chi connectivity index (χ4n) is 1.78. The molecule has 0 unspecified atom stereocenters. The maximum Gasteiger partial charge on any atom is 0.326 e. The largest absolute Gasteiger partial charge is 0.494 e. The van der Waals surface area contributed by atoms with E-state index in [0.717, 1.165) is 11.3 Å². The van der Waals surface area contributed by atoms with Gasteiger partial charge in [-0.2, -0.15) is 0 Å². The fourth-order valence-corrected chi connectivity index (χ4v) is 1.78. The molecule has 21 heavy (non-hydrogen) atoms. The van der Waals surface area contributed by atoms with Crippen molar-refractivity contribution in [3.8, 4) is 5.75 Å². The molecule has 2 N–H and O–H groups in total. The summed E-state index contributed by atoms with van der Waals surface area (Å²) in [4.78, 5) is 22.6. The van der Waals surface area contributed by atoms with Gasteiger partial charge in [-0.3, -0.25) is 4.79 Å². The van der Waals surface area contributed by atoms with Crippen molar-refractivity contribution in [3.63, 3.8) is 0 Å². The molecule has 0 bridgehead atoms. The van der Waals surface area contributed by atoms with Gasteiger partial charge in [-0.05, 0) is 37.1 Å². The van der Waals surface area contributed by atoms with Gasteiger partial charge >= 0.3 is 5.97 Å². The average Bonchev–Trinajstić information content (AvgIpc) is 2.46. The number of carboxylic acid groups (broad SMARTS) is 1. The Labute approximate surface area is 124 Å². The van der Waals surface area contributed by atoms with Gasteiger partial charge in [-0.1, -0.05) is 25.5 Å². The molecule has 0 spiro atoms. The zero-order valence-corrected chi connectivity index (χ0v) is 12.3. The van der Waals surface area contributed by atoms with E-state index in [9.17, 15) is 9.59 Å². The molecule has 0 aliphatic carbocycles. The number of hydrogen-bond donors (Lipinski definition) is 2. The summed E-state index contributed by atoms with van der Waals surface area (Å²) in [7, 11) is 0. The third kappa shape index (κ3) is 6.12. The van der Waals surface area contributed by atoms with E-state index in [2.05, 4.69) is 5.32 Å². The lowest BCUT2D eigenvalue weighted by atomic mass is 10.1. The lowest BCUT2D eigenvalue weighted by molar-refractivity contribution is -0.141. The van der Waals surface area contributed by atoms with E-state index in [0.29, 0.717) is 19.4 Å². The van der Waals surface area contributed by atoms with Crippen LogP contribution in [-0.4, -0.2) is 29.6 Å². The Morgan fingerprint density at radius 3 is 2.48 bits per heavy atom. The number of rotatable bonds is 8. The second-order valence-corrected chi connectivity index (χ2v) is 4.52. The molecular formula is C16H21NO4. The summed E-state index contributed by atoms with van der Waals surface area (Å²) in [5.41, 5.74) is 0.843. The number of carbonyl (C=O) groups excluding carboxylic acids is 1. The first-order valence-electron chi connectivity index (χ1n) is 7.01. The standard InChI is InChI=1S/C16H21NO4/c1-3-5-14(16(19)20)17-15(18)11-8-12-6-9-13(10-7-12)21-4-2/h6-11,14H,3-5H2,1-2H3,(H,17,18)(H,19,20)/b11-8+/t14-/m1/s1. The fraction of sp³-hybridized carbons (Fsp3) is 0.375. The van der Waals surface area contributed by atoms with Gasteiger partial charge in [0.2, 0.25) is 5.91 Å². The minimum Gasteiger partial charge on any atom is -0.494 e. The summed E-state index contributed by atoms with van der Waals surface area (Å²) in [6, 6.07) is 6.45. The Kier molecular flexibility index (Phi) is 7.01. The van der Waals surface area contributed by atoms with Gasteiger partial charge in [-0.15, -0.1) is 0 Å². The smallest absolute Gasteiger partial charge is 0.326 e. The normalized spacial score (nSPS) is 12.1. The highest BCUT2D eigenvalue weighted by Gasteiger charge is 2.17. The second kappa shape index (κ2) is 8.79. The van der Waals surface area contributed by atoms with E-state index in [1.807, 2.05) is 38.1 Å². The predicted molar refractivity (Wildman–Crippen MR) is 81.1 cm³/mol. The molecule has 1 atom stereocenters. The zero-order valence-electron chi connectivity index (χ0n) is 12.3. The second-order valence-electron chi connectivity index (χ2n) is 4.52. The molecule has 0 saturated heterocycles. The molecule has 5 nitrogen and oxygen atoms in total. The van der Waals surface area contributed by atoms with Crippen LogP contribution in [0.2, 0.25) is 0 Å². The van der Waals surface area contributed by atoms with Gasteiger partial charge in [0.05, 0.1) is 6.61 Å². The number of ether oxygens (including phenoxy) is 1. The summed E-state index contributed by atoms with van der Waals surface area (Å²) < 4.78 is 5.32. The van der Waals surface area contributed by atoms with E-state index in [-0.39, 0.29) is 0 Å². The quantitative estimate of drug-likeness (QED) is 0.721. The van der Waals surface area contributed by atoms with Crippen molar-refractivity contribution < 1.29 is 19.4 Å². The minimum absolute atomic E-state index is 0.412. The highest BCUT2D eigenvalue weighted by atomic mass is 16.5. The van der Waals surface area contributed by atoms with Crippen LogP contribution in [0.15, 0.2) is 30.3 Å². The maximum absolute atomic E-state index is 11.7. The van der Waals surface area contributed by atoms with Crippen LogP contribution in [0.3, 0.4) is 0 Å². The van der Waals surface area contributed by atoms with Gasteiger partial charge in [0.25, 0.3) is 0 Å². The highest BCUT2D eigenvalue weighted by molar-refractivity contribution is 5.94. The van der Waals surface area contributed by atoms with E-state index >= 15 is 0 Å². The lowest BCUT2D eigenvalue weighted by Crippen LogP contribution is -2.39. The summed E-state index contributed by atoms with van der Waals surface area (Å²) in [6.07, 6.45) is 4.08. The van der Waals surface area contributed by atoms with Crippen molar-refractivity contribution in [3.05, 3.63) is 35.9 Å². The Morgan fingerprint density at radius 1 is 1.29 bits per heavy atom. The van der Waals surface area contributed by atoms with Crippen LogP contribution in [0.1, 0.15) is 32.3 Å². The topological polar surface area (TPSA) is 75.6 Å². The number of amides is 1. The minimum atomic E-state index is -1.01. The maximum atomic E-state index is 11.7. The number of hydrogen-bond acceptors (Lipinski definition) is 3. The van der Waals surface area contributed by atoms with Crippen molar-refractivity contribution in [1.82, 2.24) is 5.32 Å². The van der Waals surface area contributed by atoms with Crippen LogP contribution < -0.4 is 10.1 Å². The molecular weight excluding hydrogens is 270 g/mol. The van der Waals surface area contributed by atoms with Crippen LogP contribution in [0.4, 0.5) is 0 Å². The Morgan fingerprint density at radius 2 is 1.95 bits per heavy atom. The average molecular weight is 291 g/mol. The molecule has 114 valence electrons. The van der Waals surface area contributed by atoms with Crippen molar-refractivity contribution in [2.45, 2.75) is 32.7 Å². The Bertz CT molecular complexity index is 494.